The summed E-state index contributed by atoms with van der Waals surface area (Å²) in [6.45, 7) is 11.5. The summed E-state index contributed by atoms with van der Waals surface area (Å²) >= 11 is 0. The van der Waals surface area contributed by atoms with Gasteiger partial charge in [-0.3, -0.25) is 23.7 Å². The molecule has 0 saturated carbocycles. The van der Waals surface area contributed by atoms with Crippen LogP contribution in [0.3, 0.4) is 0 Å². The predicted molar refractivity (Wildman–Crippen MR) is 150 cm³/mol. The van der Waals surface area contributed by atoms with Crippen LogP contribution in [-0.4, -0.2) is 9.13 Å². The molecule has 6 nitrogen and oxygen atoms in total. The van der Waals surface area contributed by atoms with Gasteiger partial charge in [0.15, 0.2) is 0 Å². The predicted octanol–water partition coefficient (Wildman–Crippen LogP) is 5.79. The molecule has 0 amide bonds. The van der Waals surface area contributed by atoms with Crippen molar-refractivity contribution >= 4 is 21.5 Å². The van der Waals surface area contributed by atoms with Gasteiger partial charge in [-0.05, 0) is 54.8 Å². The van der Waals surface area contributed by atoms with Crippen molar-refractivity contribution in [2.75, 3.05) is 0 Å². The second-order valence-corrected chi connectivity index (χ2v) is 8.60. The highest BCUT2D eigenvalue weighted by molar-refractivity contribution is 5.98. The first kappa shape index (κ1) is 29.3. The molecular formula is C30H29F3N2O4. The Kier molecular flexibility index (Phi) is 8.14. The molecule has 5 aromatic rings. The van der Waals surface area contributed by atoms with Crippen molar-refractivity contribution < 1.29 is 13.2 Å². The Morgan fingerprint density at radius 2 is 1.08 bits per heavy atom. The summed E-state index contributed by atoms with van der Waals surface area (Å²) in [6.07, 6.45) is -4.76. The maximum Gasteiger partial charge on any atom is 0.417 e. The molecule has 204 valence electrons. The van der Waals surface area contributed by atoms with E-state index in [0.717, 1.165) is 28.3 Å². The summed E-state index contributed by atoms with van der Waals surface area (Å²) in [7, 11) is 1.28. The van der Waals surface area contributed by atoms with E-state index in [0.29, 0.717) is 15.7 Å². The van der Waals surface area contributed by atoms with Gasteiger partial charge in [-0.1, -0.05) is 57.5 Å². The number of alkyl halides is 3. The fourth-order valence-electron chi connectivity index (χ4n) is 4.59. The van der Waals surface area contributed by atoms with E-state index in [4.69, 9.17) is 0 Å². The first-order valence-corrected chi connectivity index (χ1v) is 12.6. The van der Waals surface area contributed by atoms with Gasteiger partial charge in [-0.2, -0.15) is 13.2 Å². The maximum absolute atomic E-state index is 14.1. The molecule has 0 N–H and O–H groups in total. The third kappa shape index (κ3) is 4.84. The van der Waals surface area contributed by atoms with Crippen LogP contribution in [0.15, 0.2) is 67.7 Å². The van der Waals surface area contributed by atoms with Crippen LogP contribution in [0.1, 0.15) is 44.4 Å². The van der Waals surface area contributed by atoms with Crippen LogP contribution in [0.5, 0.6) is 0 Å². The Balaban J connectivity index is 0.00000100. The molecule has 3 aromatic carbocycles. The van der Waals surface area contributed by atoms with Gasteiger partial charge in [-0.15, -0.1) is 0 Å². The number of aryl methyl sites for hydroxylation is 2. The van der Waals surface area contributed by atoms with Crippen LogP contribution in [0.2, 0.25) is 0 Å². The molecule has 0 unspecified atom stereocenters. The van der Waals surface area contributed by atoms with E-state index in [1.54, 1.807) is 25.1 Å². The maximum atomic E-state index is 14.1. The van der Waals surface area contributed by atoms with Crippen LogP contribution >= 0.6 is 0 Å². The largest absolute Gasteiger partial charge is 0.417 e. The molecule has 39 heavy (non-hydrogen) atoms. The van der Waals surface area contributed by atoms with Gasteiger partial charge in [0.25, 0.3) is 22.2 Å². The van der Waals surface area contributed by atoms with Gasteiger partial charge < -0.3 is 0 Å². The fourth-order valence-corrected chi connectivity index (χ4v) is 4.59. The molecule has 0 aliphatic rings. The number of hydrogen-bond acceptors (Lipinski definition) is 4. The monoisotopic (exact) mass is 538 g/mol. The van der Waals surface area contributed by atoms with Gasteiger partial charge in [0.2, 0.25) is 0 Å². The van der Waals surface area contributed by atoms with E-state index in [9.17, 15) is 32.3 Å². The highest BCUT2D eigenvalue weighted by Gasteiger charge is 2.35. The summed E-state index contributed by atoms with van der Waals surface area (Å²) in [6, 6.07) is 10.7. The molecule has 0 saturated heterocycles. The Morgan fingerprint density at radius 3 is 1.54 bits per heavy atom. The zero-order chi connectivity index (χ0) is 29.4. The Labute approximate surface area is 222 Å². The minimum Gasteiger partial charge on any atom is -0.277 e. The number of aromatic nitrogens is 2. The van der Waals surface area contributed by atoms with Gasteiger partial charge >= 0.3 is 6.18 Å². The molecule has 0 aliphatic carbocycles. The summed E-state index contributed by atoms with van der Waals surface area (Å²) in [5, 5.41) is -0.338. The van der Waals surface area contributed by atoms with Crippen LogP contribution in [0.25, 0.3) is 38.4 Å². The first-order chi connectivity index (χ1) is 18.4. The quantitative estimate of drug-likeness (QED) is 0.285. The van der Waals surface area contributed by atoms with Crippen LogP contribution < -0.4 is 22.2 Å². The third-order valence-electron chi connectivity index (χ3n) is 6.33. The van der Waals surface area contributed by atoms with E-state index in [-0.39, 0.29) is 32.8 Å². The first-order valence-electron chi connectivity index (χ1n) is 12.6. The van der Waals surface area contributed by atoms with Crippen LogP contribution in [0, 0.1) is 13.8 Å². The van der Waals surface area contributed by atoms with Crippen molar-refractivity contribution in [3.8, 4) is 16.8 Å². The average Bonchev–Trinajstić information content (AvgIpc) is 3.28. The van der Waals surface area contributed by atoms with Crippen LogP contribution in [-0.2, 0) is 13.2 Å². The topological polar surface area (TPSA) is 78.1 Å². The number of fused-ring (bicyclic) bond motifs is 2. The van der Waals surface area contributed by atoms with Gasteiger partial charge in [0.05, 0.1) is 32.8 Å². The van der Waals surface area contributed by atoms with E-state index in [2.05, 4.69) is 0 Å². The summed E-state index contributed by atoms with van der Waals surface area (Å²) < 4.78 is 43.8. The number of halogens is 3. The van der Waals surface area contributed by atoms with Gasteiger partial charge in [-0.25, -0.2) is 4.57 Å². The minimum atomic E-state index is -4.76. The third-order valence-corrected chi connectivity index (χ3v) is 6.33. The highest BCUT2D eigenvalue weighted by Crippen LogP contribution is 2.39. The molecule has 0 aliphatic heterocycles. The highest BCUT2D eigenvalue weighted by atomic mass is 19.4. The number of hydrogen-bond donors (Lipinski definition) is 0. The molecule has 0 fully saturated rings. The zero-order valence-electron chi connectivity index (χ0n) is 22.8. The lowest BCUT2D eigenvalue weighted by Gasteiger charge is -2.16. The van der Waals surface area contributed by atoms with Gasteiger partial charge in [0, 0.05) is 7.05 Å². The number of benzene rings is 3. The van der Waals surface area contributed by atoms with E-state index in [1.807, 2.05) is 34.6 Å². The summed E-state index contributed by atoms with van der Waals surface area (Å²) in [5.41, 5.74) is -2.37. The van der Waals surface area contributed by atoms with Crippen molar-refractivity contribution in [1.29, 1.82) is 0 Å². The van der Waals surface area contributed by atoms with E-state index in [1.165, 1.54) is 19.2 Å². The van der Waals surface area contributed by atoms with Crippen molar-refractivity contribution in [2.24, 2.45) is 7.05 Å². The van der Waals surface area contributed by atoms with Gasteiger partial charge in [0.1, 0.15) is 0 Å². The fraction of sp³-hybridized carbons (Fsp3) is 0.267. The lowest BCUT2D eigenvalue weighted by atomic mass is 9.94. The second kappa shape index (κ2) is 10.8. The molecule has 0 bridgehead atoms. The zero-order valence-corrected chi connectivity index (χ0v) is 22.8. The smallest absolute Gasteiger partial charge is 0.277 e. The molecule has 0 spiro atoms. The SMILES string of the molecule is CC.CC.Cc1ccc(-c2ccc(-n3c(=O)c4cc5c(=O)n(C)c(=O)c5cc4c3=O)cc2C(F)(F)F)c(C)c1. The Morgan fingerprint density at radius 1 is 0.615 bits per heavy atom. The molecular weight excluding hydrogens is 509 g/mol. The Hall–Kier alpha value is -4.27. The second-order valence-electron chi connectivity index (χ2n) is 8.60. The standard InChI is InChI=1S/C26H17F3N2O4.2C2H6/c1-12-4-6-15(13(2)8-12)16-7-5-14(9-21(16)26(27,28)29)31-24(34)19-10-17-18(11-20(19)25(31)35)23(33)30(3)22(17)32;2*1-2/h4-11H,1-3H3;2*1-2H3. The number of rotatable bonds is 2. The average molecular weight is 539 g/mol. The van der Waals surface area contributed by atoms with Crippen molar-refractivity contribution in [3.63, 3.8) is 0 Å². The van der Waals surface area contributed by atoms with Crippen molar-refractivity contribution in [3.05, 3.63) is 107 Å². The summed E-state index contributed by atoms with van der Waals surface area (Å²) in [4.78, 5) is 50.8. The molecule has 0 radical (unpaired) electrons. The normalized spacial score (nSPS) is 11.2. The molecule has 9 heteroatoms. The molecule has 5 rings (SSSR count). The van der Waals surface area contributed by atoms with Crippen molar-refractivity contribution in [1.82, 2.24) is 9.13 Å². The Bertz CT molecular complexity index is 1830. The summed E-state index contributed by atoms with van der Waals surface area (Å²) in [5.74, 6) is 0. The lowest BCUT2D eigenvalue weighted by Crippen LogP contribution is -2.24. The van der Waals surface area contributed by atoms with E-state index >= 15 is 0 Å². The van der Waals surface area contributed by atoms with Crippen molar-refractivity contribution in [2.45, 2.75) is 47.7 Å². The van der Waals surface area contributed by atoms with Crippen LogP contribution in [0.4, 0.5) is 13.2 Å². The number of nitrogens with zero attached hydrogens (tertiary/aromatic N) is 2. The molecule has 2 heterocycles. The lowest BCUT2D eigenvalue weighted by molar-refractivity contribution is -0.137. The minimum absolute atomic E-state index is 0.0274. The molecule has 0 atom stereocenters. The van der Waals surface area contributed by atoms with E-state index < -0.39 is 34.0 Å². The molecule has 2 aromatic heterocycles.